The molecule has 1 N–H and O–H groups in total. The van der Waals surface area contributed by atoms with Gasteiger partial charge in [0.15, 0.2) is 5.82 Å². The predicted molar refractivity (Wildman–Crippen MR) is 103 cm³/mol. The number of hydrogen-bond acceptors (Lipinski definition) is 5. The molecule has 146 valence electrons. The number of likely N-dealkylation sites (tertiary alicyclic amines) is 1. The summed E-state index contributed by atoms with van der Waals surface area (Å²) in [6, 6.07) is 13.9. The minimum atomic E-state index is -0.841. The smallest absolute Gasteiger partial charge is 0.240 e. The van der Waals surface area contributed by atoms with Crippen molar-refractivity contribution in [2.24, 2.45) is 0 Å². The van der Waals surface area contributed by atoms with E-state index in [9.17, 15) is 9.50 Å². The van der Waals surface area contributed by atoms with Gasteiger partial charge in [0.2, 0.25) is 5.89 Å². The number of nitrogens with zero attached hydrogens (tertiary/aromatic N) is 3. The van der Waals surface area contributed by atoms with Crippen molar-refractivity contribution < 1.29 is 14.0 Å². The van der Waals surface area contributed by atoms with E-state index in [1.807, 2.05) is 12.1 Å². The summed E-state index contributed by atoms with van der Waals surface area (Å²) in [4.78, 5) is 6.55. The fourth-order valence-electron chi connectivity index (χ4n) is 3.56. The molecule has 4 rings (SSSR count). The Balaban J connectivity index is 1.34. The molecular formula is C21H21ClFN3O2. The first-order valence-electron chi connectivity index (χ1n) is 9.27. The molecule has 3 aromatic rings. The van der Waals surface area contributed by atoms with Gasteiger partial charge < -0.3 is 9.63 Å². The zero-order chi connectivity index (χ0) is 19.6. The number of halogens is 2. The lowest BCUT2D eigenvalue weighted by Crippen LogP contribution is -2.42. The summed E-state index contributed by atoms with van der Waals surface area (Å²) < 4.78 is 19.1. The molecule has 0 aliphatic carbocycles. The first kappa shape index (κ1) is 19.1. The van der Waals surface area contributed by atoms with Crippen LogP contribution in [0.15, 0.2) is 53.1 Å². The van der Waals surface area contributed by atoms with Crippen LogP contribution in [0.4, 0.5) is 4.39 Å². The minimum Gasteiger partial charge on any atom is -0.385 e. The lowest BCUT2D eigenvalue weighted by molar-refractivity contribution is -0.0295. The maximum absolute atomic E-state index is 13.8. The van der Waals surface area contributed by atoms with Gasteiger partial charge in [-0.2, -0.15) is 4.98 Å². The minimum absolute atomic E-state index is 0.272. The van der Waals surface area contributed by atoms with Gasteiger partial charge >= 0.3 is 0 Å². The van der Waals surface area contributed by atoms with Crippen LogP contribution >= 0.6 is 11.6 Å². The standard InChI is InChI=1S/C21H21ClFN3O2/c22-17-7-5-16(6-8-17)21(27)9-11-26(12-10-21)14-20-24-19(25-28-20)13-15-3-1-2-4-18(15)23/h1-8,27H,9-14H2. The normalized spacial score (nSPS) is 17.0. The highest BCUT2D eigenvalue weighted by Crippen LogP contribution is 2.33. The van der Waals surface area contributed by atoms with Crippen molar-refractivity contribution in [2.45, 2.75) is 31.4 Å². The van der Waals surface area contributed by atoms with Crippen molar-refractivity contribution in [1.29, 1.82) is 0 Å². The van der Waals surface area contributed by atoms with Gasteiger partial charge in [0, 0.05) is 24.5 Å². The SMILES string of the molecule is OC1(c2ccc(Cl)cc2)CCN(Cc2nc(Cc3ccccc3F)no2)CC1. The summed E-state index contributed by atoms with van der Waals surface area (Å²) in [6.07, 6.45) is 1.53. The van der Waals surface area contributed by atoms with E-state index in [0.29, 0.717) is 61.2 Å². The number of aliphatic hydroxyl groups is 1. The van der Waals surface area contributed by atoms with Crippen LogP contribution in [-0.2, 0) is 18.6 Å². The Morgan fingerprint density at radius 3 is 2.54 bits per heavy atom. The molecule has 0 unspecified atom stereocenters. The van der Waals surface area contributed by atoms with E-state index in [1.54, 1.807) is 30.3 Å². The van der Waals surface area contributed by atoms with Crippen molar-refractivity contribution in [3.05, 3.63) is 82.2 Å². The number of aromatic nitrogens is 2. The van der Waals surface area contributed by atoms with E-state index in [-0.39, 0.29) is 5.82 Å². The van der Waals surface area contributed by atoms with E-state index in [4.69, 9.17) is 16.1 Å². The molecular weight excluding hydrogens is 381 g/mol. The molecule has 1 fully saturated rings. The number of rotatable bonds is 5. The van der Waals surface area contributed by atoms with Crippen LogP contribution in [0.2, 0.25) is 5.02 Å². The number of hydrogen-bond donors (Lipinski definition) is 1. The first-order chi connectivity index (χ1) is 13.5. The largest absolute Gasteiger partial charge is 0.385 e. The van der Waals surface area contributed by atoms with Crippen LogP contribution in [0.25, 0.3) is 0 Å². The first-order valence-corrected chi connectivity index (χ1v) is 9.65. The monoisotopic (exact) mass is 401 g/mol. The third-order valence-electron chi connectivity index (χ3n) is 5.24. The number of benzene rings is 2. The van der Waals surface area contributed by atoms with Gasteiger partial charge in [-0.3, -0.25) is 4.90 Å². The second kappa shape index (κ2) is 7.99. The molecule has 0 amide bonds. The van der Waals surface area contributed by atoms with Crippen molar-refractivity contribution in [3.63, 3.8) is 0 Å². The second-order valence-electron chi connectivity index (χ2n) is 7.19. The molecule has 1 saturated heterocycles. The third kappa shape index (κ3) is 4.24. The molecule has 28 heavy (non-hydrogen) atoms. The molecule has 0 saturated carbocycles. The highest BCUT2D eigenvalue weighted by molar-refractivity contribution is 6.30. The lowest BCUT2D eigenvalue weighted by Gasteiger charge is -2.38. The van der Waals surface area contributed by atoms with Crippen molar-refractivity contribution in [3.8, 4) is 0 Å². The molecule has 2 aromatic carbocycles. The van der Waals surface area contributed by atoms with Gasteiger partial charge in [-0.25, -0.2) is 4.39 Å². The summed E-state index contributed by atoms with van der Waals surface area (Å²) >= 11 is 5.94. The summed E-state index contributed by atoms with van der Waals surface area (Å²) in [7, 11) is 0. The molecule has 1 aromatic heterocycles. The predicted octanol–water partition coefficient (Wildman–Crippen LogP) is 3.94. The van der Waals surface area contributed by atoms with Gasteiger partial charge in [-0.05, 0) is 42.2 Å². The molecule has 0 spiro atoms. The maximum atomic E-state index is 13.8. The van der Waals surface area contributed by atoms with Crippen molar-refractivity contribution >= 4 is 11.6 Å². The molecule has 1 aliphatic heterocycles. The van der Waals surface area contributed by atoms with E-state index in [0.717, 1.165) is 5.56 Å². The van der Waals surface area contributed by atoms with Gasteiger partial charge in [-0.1, -0.05) is 47.1 Å². The topological polar surface area (TPSA) is 62.4 Å². The summed E-state index contributed by atoms with van der Waals surface area (Å²) in [6.45, 7) is 1.94. The summed E-state index contributed by atoms with van der Waals surface area (Å²) in [5.41, 5.74) is 0.591. The van der Waals surface area contributed by atoms with Crippen molar-refractivity contribution in [2.75, 3.05) is 13.1 Å². The highest BCUT2D eigenvalue weighted by Gasteiger charge is 2.34. The van der Waals surface area contributed by atoms with Gasteiger partial charge in [0.1, 0.15) is 5.82 Å². The number of piperidine rings is 1. The highest BCUT2D eigenvalue weighted by atomic mass is 35.5. The summed E-state index contributed by atoms with van der Waals surface area (Å²) in [5, 5.41) is 15.6. The van der Waals surface area contributed by atoms with Gasteiger partial charge in [-0.15, -0.1) is 0 Å². The Morgan fingerprint density at radius 2 is 1.82 bits per heavy atom. The Bertz CT molecular complexity index is 937. The molecule has 0 radical (unpaired) electrons. The second-order valence-corrected chi connectivity index (χ2v) is 7.62. The molecule has 0 atom stereocenters. The molecule has 2 heterocycles. The summed E-state index contributed by atoms with van der Waals surface area (Å²) in [5.74, 6) is 0.699. The molecule has 7 heteroatoms. The fourth-order valence-corrected chi connectivity index (χ4v) is 3.69. The average molecular weight is 402 g/mol. The zero-order valence-electron chi connectivity index (χ0n) is 15.3. The van der Waals surface area contributed by atoms with E-state index in [1.165, 1.54) is 6.07 Å². The quantitative estimate of drug-likeness (QED) is 0.701. The third-order valence-corrected chi connectivity index (χ3v) is 5.49. The van der Waals surface area contributed by atoms with Crippen LogP contribution in [0.3, 0.4) is 0 Å². The Morgan fingerprint density at radius 1 is 1.11 bits per heavy atom. The van der Waals surface area contributed by atoms with Crippen molar-refractivity contribution in [1.82, 2.24) is 15.0 Å². The fraction of sp³-hybridized carbons (Fsp3) is 0.333. The van der Waals surface area contributed by atoms with Gasteiger partial charge in [0.05, 0.1) is 12.1 Å². The molecule has 5 nitrogen and oxygen atoms in total. The van der Waals surface area contributed by atoms with Crippen LogP contribution < -0.4 is 0 Å². The molecule has 0 bridgehead atoms. The molecule has 1 aliphatic rings. The van der Waals surface area contributed by atoms with Gasteiger partial charge in [0.25, 0.3) is 0 Å². The lowest BCUT2D eigenvalue weighted by atomic mass is 9.84. The Labute approximate surface area is 167 Å². The Hall–Kier alpha value is -2.28. The Kier molecular flexibility index (Phi) is 5.44. The van der Waals surface area contributed by atoms with E-state index < -0.39 is 5.60 Å². The average Bonchev–Trinajstić information content (AvgIpc) is 3.13. The van der Waals surface area contributed by atoms with E-state index >= 15 is 0 Å². The van der Waals surface area contributed by atoms with Crippen LogP contribution in [0, 0.1) is 5.82 Å². The zero-order valence-corrected chi connectivity index (χ0v) is 16.1. The van der Waals surface area contributed by atoms with Crippen LogP contribution in [0.5, 0.6) is 0 Å². The maximum Gasteiger partial charge on any atom is 0.240 e. The van der Waals surface area contributed by atoms with Crippen LogP contribution in [0.1, 0.15) is 35.7 Å². The van der Waals surface area contributed by atoms with E-state index in [2.05, 4.69) is 15.0 Å². The van der Waals surface area contributed by atoms with Crippen LogP contribution in [-0.4, -0.2) is 33.2 Å².